The number of hydrogen-bond acceptors (Lipinski definition) is 12. The number of amides is 2. The highest BCUT2D eigenvalue weighted by molar-refractivity contribution is 6.07. The first-order chi connectivity index (χ1) is 28.4. The number of aromatic nitrogens is 2. The summed E-state index contributed by atoms with van der Waals surface area (Å²) in [6.45, 7) is -2.82. The molecule has 0 bridgehead atoms. The molecular weight excluding hydrogens is 768 g/mol. The maximum absolute atomic E-state index is 14.3. The summed E-state index contributed by atoms with van der Waals surface area (Å²) in [6.07, 6.45) is 0. The maximum Gasteiger partial charge on any atom is 0.317 e. The Morgan fingerprint density at radius 3 is 1.71 bits per heavy atom. The lowest BCUT2D eigenvalue weighted by Crippen LogP contribution is -2.47. The molecule has 1 atom stereocenters. The van der Waals surface area contributed by atoms with Crippen molar-refractivity contribution in [2.75, 3.05) is 65.6 Å². The van der Waals surface area contributed by atoms with Crippen molar-refractivity contribution >= 4 is 63.8 Å². The zero-order chi connectivity index (χ0) is 42.5. The highest BCUT2D eigenvalue weighted by atomic mass is 16.5. The second-order valence-corrected chi connectivity index (χ2v) is 13.5. The van der Waals surface area contributed by atoms with Crippen LogP contribution in [0.1, 0.15) is 43.6 Å². The molecule has 2 aromatic heterocycles. The van der Waals surface area contributed by atoms with Gasteiger partial charge in [0.25, 0.3) is 12.4 Å². The Balaban J connectivity index is 1.45. The van der Waals surface area contributed by atoms with Crippen molar-refractivity contribution in [3.63, 3.8) is 0 Å². The summed E-state index contributed by atoms with van der Waals surface area (Å²) < 4.78 is 4.73. The first-order valence-electron chi connectivity index (χ1n) is 18.3. The van der Waals surface area contributed by atoms with Crippen molar-refractivity contribution in [2.24, 2.45) is 5.84 Å². The summed E-state index contributed by atoms with van der Waals surface area (Å²) in [4.78, 5) is 96.6. The van der Waals surface area contributed by atoms with E-state index in [1.165, 1.54) is 9.80 Å². The highest BCUT2D eigenvalue weighted by Crippen LogP contribution is 2.43. The van der Waals surface area contributed by atoms with E-state index in [9.17, 15) is 48.9 Å². The minimum Gasteiger partial charge on any atom is -0.480 e. The molecule has 2 heterocycles. The lowest BCUT2D eigenvalue weighted by molar-refractivity contribution is -0.143. The highest BCUT2D eigenvalue weighted by Gasteiger charge is 2.33. The SMILES string of the molecule is NNC(=O)c1[nH]c2ccccc2c1C(c1ccccc1)c1c(C(=O)CNC(=O)CN(CCN(COC=O)CC(=O)O)CCN(CC(=O)O)CC(=O)O)[nH]c2ccccc12. The van der Waals surface area contributed by atoms with Gasteiger partial charge < -0.3 is 35.3 Å². The van der Waals surface area contributed by atoms with Gasteiger partial charge in [-0.25, -0.2) is 5.84 Å². The van der Waals surface area contributed by atoms with Gasteiger partial charge in [-0.3, -0.25) is 53.7 Å². The second kappa shape index (κ2) is 20.5. The molecule has 0 fully saturated rings. The van der Waals surface area contributed by atoms with E-state index in [1.54, 1.807) is 6.07 Å². The molecule has 0 spiro atoms. The molecular formula is C40H44N8O11. The Kier molecular flexibility index (Phi) is 15.0. The number of carboxylic acid groups (broad SMARTS) is 3. The number of rotatable bonds is 24. The molecule has 0 saturated carbocycles. The number of fused-ring (bicyclic) bond motifs is 2. The van der Waals surface area contributed by atoms with E-state index in [0.29, 0.717) is 27.5 Å². The summed E-state index contributed by atoms with van der Waals surface area (Å²) in [5.74, 6) is -0.456. The fourth-order valence-corrected chi connectivity index (χ4v) is 7.00. The Bertz CT molecular complexity index is 2290. The molecule has 19 heteroatoms. The third-order valence-corrected chi connectivity index (χ3v) is 9.52. The number of ketones is 1. The van der Waals surface area contributed by atoms with Crippen LogP contribution in [0, 0.1) is 0 Å². The Morgan fingerprint density at radius 2 is 1.15 bits per heavy atom. The predicted octanol–water partition coefficient (Wildman–Crippen LogP) is 1.02. The first-order valence-corrected chi connectivity index (χ1v) is 18.3. The number of ether oxygens (including phenoxy) is 1. The van der Waals surface area contributed by atoms with Crippen molar-refractivity contribution in [1.82, 2.24) is 35.4 Å². The number of H-pyrrole nitrogens is 2. The number of carbonyl (C=O) groups is 7. The van der Waals surface area contributed by atoms with Crippen LogP contribution in [0.5, 0.6) is 0 Å². The summed E-state index contributed by atoms with van der Waals surface area (Å²) in [6, 6.07) is 24.0. The van der Waals surface area contributed by atoms with E-state index in [4.69, 9.17) is 10.6 Å². The van der Waals surface area contributed by atoms with Gasteiger partial charge in [0.2, 0.25) is 5.91 Å². The lowest BCUT2D eigenvalue weighted by atomic mass is 9.81. The van der Waals surface area contributed by atoms with Crippen LogP contribution in [0.4, 0.5) is 0 Å². The van der Waals surface area contributed by atoms with Crippen molar-refractivity contribution in [3.05, 3.63) is 107 Å². The van der Waals surface area contributed by atoms with E-state index >= 15 is 0 Å². The van der Waals surface area contributed by atoms with Gasteiger partial charge in [-0.1, -0.05) is 66.7 Å². The Labute approximate surface area is 336 Å². The fraction of sp³-hybridized carbons (Fsp3) is 0.275. The van der Waals surface area contributed by atoms with Crippen molar-refractivity contribution in [1.29, 1.82) is 0 Å². The quantitative estimate of drug-likeness (QED) is 0.0108. The maximum atomic E-state index is 14.3. The average molecular weight is 813 g/mol. The van der Waals surface area contributed by atoms with E-state index in [2.05, 4.69) is 20.7 Å². The minimum absolute atomic E-state index is 0.0124. The van der Waals surface area contributed by atoms with Gasteiger partial charge in [-0.05, 0) is 17.7 Å². The number of nitrogens with two attached hydrogens (primary N) is 1. The molecule has 0 aliphatic rings. The molecule has 2 amide bonds. The Hall–Kier alpha value is -6.93. The number of carboxylic acids is 3. The fourth-order valence-electron chi connectivity index (χ4n) is 7.00. The molecule has 1 unspecified atom stereocenters. The number of nitrogen functional groups attached to an aromatic ring is 1. The molecule has 0 aliphatic carbocycles. The predicted molar refractivity (Wildman–Crippen MR) is 212 cm³/mol. The number of nitrogens with one attached hydrogen (secondary N) is 4. The summed E-state index contributed by atoms with van der Waals surface area (Å²) in [5, 5.41) is 32.0. The monoisotopic (exact) mass is 812 g/mol. The summed E-state index contributed by atoms with van der Waals surface area (Å²) >= 11 is 0. The van der Waals surface area contributed by atoms with Crippen LogP contribution >= 0.6 is 0 Å². The van der Waals surface area contributed by atoms with Crippen LogP contribution in [0.15, 0.2) is 78.9 Å². The number of aliphatic carboxylic acids is 3. The molecule has 0 radical (unpaired) electrons. The first kappa shape index (κ1) is 43.2. The molecule has 19 nitrogen and oxygen atoms in total. The topological polar surface area (TPSA) is 281 Å². The lowest BCUT2D eigenvalue weighted by Gasteiger charge is -2.28. The molecule has 0 saturated heterocycles. The van der Waals surface area contributed by atoms with Gasteiger partial charge in [-0.15, -0.1) is 0 Å². The average Bonchev–Trinajstić information content (AvgIpc) is 3.79. The summed E-state index contributed by atoms with van der Waals surface area (Å²) in [5.41, 5.74) is 5.79. The minimum atomic E-state index is -1.26. The molecule has 5 aromatic rings. The van der Waals surface area contributed by atoms with Crippen molar-refractivity contribution in [3.8, 4) is 0 Å². The van der Waals surface area contributed by atoms with Crippen LogP contribution < -0.4 is 16.6 Å². The van der Waals surface area contributed by atoms with Crippen LogP contribution in [0.25, 0.3) is 21.8 Å². The second-order valence-electron chi connectivity index (χ2n) is 13.5. The molecule has 3 aromatic carbocycles. The van der Waals surface area contributed by atoms with Gasteiger partial charge in [0.15, 0.2) is 5.78 Å². The van der Waals surface area contributed by atoms with E-state index in [1.807, 2.05) is 72.8 Å². The normalized spacial score (nSPS) is 11.9. The number of nitrogens with zero attached hydrogens (tertiary/aromatic N) is 3. The molecule has 5 rings (SSSR count). The van der Waals surface area contributed by atoms with Crippen LogP contribution in [0.2, 0.25) is 0 Å². The largest absolute Gasteiger partial charge is 0.480 e. The van der Waals surface area contributed by atoms with Gasteiger partial charge in [-0.2, -0.15) is 0 Å². The van der Waals surface area contributed by atoms with Gasteiger partial charge in [0, 0.05) is 65.0 Å². The zero-order valence-electron chi connectivity index (χ0n) is 31.8. The van der Waals surface area contributed by atoms with Crippen LogP contribution in [-0.2, 0) is 28.7 Å². The number of carbonyl (C=O) groups excluding carboxylic acids is 4. The number of Topliss-reactive ketones (excluding diaryl/α,β-unsaturated/α-hetero) is 1. The van der Waals surface area contributed by atoms with Crippen molar-refractivity contribution < 1.29 is 53.6 Å². The van der Waals surface area contributed by atoms with Crippen LogP contribution in [0.3, 0.4) is 0 Å². The number of para-hydroxylation sites is 2. The third-order valence-electron chi connectivity index (χ3n) is 9.52. The molecule has 59 heavy (non-hydrogen) atoms. The van der Waals surface area contributed by atoms with E-state index < -0.39 is 67.6 Å². The number of hydrogen-bond donors (Lipinski definition) is 8. The number of hydrazine groups is 1. The third kappa shape index (κ3) is 11.4. The van der Waals surface area contributed by atoms with Crippen molar-refractivity contribution in [2.45, 2.75) is 5.92 Å². The van der Waals surface area contributed by atoms with Gasteiger partial charge in [0.1, 0.15) is 12.4 Å². The molecule has 310 valence electrons. The van der Waals surface area contributed by atoms with E-state index in [-0.39, 0.29) is 57.3 Å². The molecule has 9 N–H and O–H groups in total. The number of aromatic amines is 2. The number of benzene rings is 3. The Morgan fingerprint density at radius 1 is 0.661 bits per heavy atom. The van der Waals surface area contributed by atoms with Gasteiger partial charge in [0.05, 0.1) is 38.4 Å². The standard InChI is InChI=1S/C40H44N8O11/c41-45-40(58)39-37(27-11-5-7-13-29(27)44-39)35(25-8-2-1-3-9-25)36-26-10-4-6-12-28(26)43-38(36)30(50)18-42-31(51)19-46(14-16-47(20-32(52)53)21-33(54)55)15-17-48(22-34(56)57)23-59-24-49/h1-13,24,35,43-44H,14-23,41H2,(H,42,51)(H,45,58)(H,52,53)(H,54,55)(H,56,57). The van der Waals surface area contributed by atoms with Gasteiger partial charge >= 0.3 is 17.9 Å². The van der Waals surface area contributed by atoms with Crippen LogP contribution in [-0.4, -0.2) is 148 Å². The van der Waals surface area contributed by atoms with E-state index in [0.717, 1.165) is 15.8 Å². The smallest absolute Gasteiger partial charge is 0.317 e. The summed E-state index contributed by atoms with van der Waals surface area (Å²) in [7, 11) is 0. The zero-order valence-corrected chi connectivity index (χ0v) is 31.8. The molecule has 0 aliphatic heterocycles.